The molecule has 0 radical (unpaired) electrons. The van der Waals surface area contributed by atoms with Crippen LogP contribution in [0, 0.1) is 0 Å². The van der Waals surface area contributed by atoms with Crippen molar-refractivity contribution >= 4 is 40.4 Å². The molecule has 0 saturated heterocycles. The van der Waals surface area contributed by atoms with Crippen LogP contribution < -0.4 is 5.32 Å². The maximum absolute atomic E-state index is 12.7. The zero-order valence-electron chi connectivity index (χ0n) is 16.5. The average molecular weight is 428 g/mol. The number of amides is 2. The smallest absolute Gasteiger partial charge is 0.273 e. The minimum Gasteiger partial charge on any atom is -0.331 e. The molecule has 0 saturated carbocycles. The SMILES string of the molecule is CC(C)c1ccc(-c2nc(C(=O)N(C)CC(=O)Nc3ccccc3Cl)cs2)cc1. The second-order valence-corrected chi connectivity index (χ2v) is 8.27. The molecule has 0 bridgehead atoms. The van der Waals surface area contributed by atoms with E-state index in [1.54, 1.807) is 36.7 Å². The van der Waals surface area contributed by atoms with Crippen LogP contribution in [0.1, 0.15) is 35.8 Å². The van der Waals surface area contributed by atoms with Gasteiger partial charge in [-0.3, -0.25) is 9.59 Å². The lowest BCUT2D eigenvalue weighted by atomic mass is 10.0. The van der Waals surface area contributed by atoms with Crippen molar-refractivity contribution in [3.63, 3.8) is 0 Å². The molecule has 7 heteroatoms. The fourth-order valence-corrected chi connectivity index (χ4v) is 3.73. The van der Waals surface area contributed by atoms with Crippen LogP contribution in [0.5, 0.6) is 0 Å². The van der Waals surface area contributed by atoms with Crippen LogP contribution in [0.15, 0.2) is 53.9 Å². The number of halogens is 1. The zero-order valence-corrected chi connectivity index (χ0v) is 18.1. The topological polar surface area (TPSA) is 62.3 Å². The van der Waals surface area contributed by atoms with Gasteiger partial charge in [0.1, 0.15) is 10.7 Å². The van der Waals surface area contributed by atoms with Crippen molar-refractivity contribution in [3.05, 3.63) is 70.2 Å². The van der Waals surface area contributed by atoms with Crippen LogP contribution in [-0.4, -0.2) is 35.3 Å². The van der Waals surface area contributed by atoms with Gasteiger partial charge in [-0.15, -0.1) is 11.3 Å². The number of thiazole rings is 1. The molecule has 1 heterocycles. The molecular formula is C22H22ClN3O2S. The lowest BCUT2D eigenvalue weighted by Gasteiger charge is -2.16. The Kier molecular flexibility index (Phi) is 6.67. The first kappa shape index (κ1) is 21.0. The highest BCUT2D eigenvalue weighted by Gasteiger charge is 2.19. The van der Waals surface area contributed by atoms with Crippen molar-refractivity contribution in [3.8, 4) is 10.6 Å². The highest BCUT2D eigenvalue weighted by Crippen LogP contribution is 2.26. The quantitative estimate of drug-likeness (QED) is 0.580. The van der Waals surface area contributed by atoms with Crippen LogP contribution >= 0.6 is 22.9 Å². The van der Waals surface area contributed by atoms with E-state index >= 15 is 0 Å². The maximum atomic E-state index is 12.7. The number of rotatable bonds is 6. The largest absolute Gasteiger partial charge is 0.331 e. The maximum Gasteiger partial charge on any atom is 0.273 e. The molecule has 3 aromatic rings. The molecular weight excluding hydrogens is 406 g/mol. The van der Waals surface area contributed by atoms with E-state index in [0.717, 1.165) is 10.6 Å². The molecule has 5 nitrogen and oxygen atoms in total. The molecule has 0 aliphatic rings. The molecule has 1 aromatic heterocycles. The Bertz CT molecular complexity index is 1010. The zero-order chi connectivity index (χ0) is 21.0. The van der Waals surface area contributed by atoms with Gasteiger partial charge < -0.3 is 10.2 Å². The average Bonchev–Trinajstić information content (AvgIpc) is 3.19. The van der Waals surface area contributed by atoms with Crippen molar-refractivity contribution in [1.29, 1.82) is 0 Å². The van der Waals surface area contributed by atoms with E-state index in [1.807, 2.05) is 12.1 Å². The summed E-state index contributed by atoms with van der Waals surface area (Å²) in [4.78, 5) is 30.7. The van der Waals surface area contributed by atoms with E-state index in [4.69, 9.17) is 11.6 Å². The first-order valence-electron chi connectivity index (χ1n) is 9.21. The second-order valence-electron chi connectivity index (χ2n) is 7.00. The van der Waals surface area contributed by atoms with Crippen molar-refractivity contribution in [2.24, 2.45) is 0 Å². The van der Waals surface area contributed by atoms with Gasteiger partial charge in [0.2, 0.25) is 5.91 Å². The number of anilines is 1. The standard InChI is InChI=1S/C22H22ClN3O2S/c1-14(2)15-8-10-16(11-9-15)21-25-19(13-29-21)22(28)26(3)12-20(27)24-18-7-5-4-6-17(18)23/h4-11,13-14H,12H2,1-3H3,(H,24,27). The van der Waals surface area contributed by atoms with E-state index in [1.165, 1.54) is 21.8 Å². The van der Waals surface area contributed by atoms with Crippen LogP contribution in [-0.2, 0) is 4.79 Å². The molecule has 0 unspecified atom stereocenters. The lowest BCUT2D eigenvalue weighted by Crippen LogP contribution is -2.35. The lowest BCUT2D eigenvalue weighted by molar-refractivity contribution is -0.116. The Morgan fingerprint density at radius 1 is 1.14 bits per heavy atom. The highest BCUT2D eigenvalue weighted by atomic mass is 35.5. The summed E-state index contributed by atoms with van der Waals surface area (Å²) >= 11 is 7.46. The van der Waals surface area contributed by atoms with E-state index in [0.29, 0.717) is 22.3 Å². The molecule has 150 valence electrons. The fourth-order valence-electron chi connectivity index (χ4n) is 2.75. The predicted molar refractivity (Wildman–Crippen MR) is 119 cm³/mol. The van der Waals surface area contributed by atoms with Gasteiger partial charge in [-0.25, -0.2) is 4.98 Å². The van der Waals surface area contributed by atoms with Gasteiger partial charge in [-0.2, -0.15) is 0 Å². The number of carbonyl (C=O) groups excluding carboxylic acids is 2. The van der Waals surface area contributed by atoms with Gasteiger partial charge in [0.15, 0.2) is 0 Å². The second kappa shape index (κ2) is 9.20. The van der Waals surface area contributed by atoms with Gasteiger partial charge in [0, 0.05) is 18.0 Å². The van der Waals surface area contributed by atoms with Crippen LogP contribution in [0.25, 0.3) is 10.6 Å². The number of aromatic nitrogens is 1. The monoisotopic (exact) mass is 427 g/mol. The molecule has 1 N–H and O–H groups in total. The third-order valence-corrected chi connectivity index (χ3v) is 5.64. The number of hydrogen-bond acceptors (Lipinski definition) is 4. The summed E-state index contributed by atoms with van der Waals surface area (Å²) in [6, 6.07) is 15.1. The number of carbonyl (C=O) groups is 2. The van der Waals surface area contributed by atoms with Crippen molar-refractivity contribution in [2.75, 3.05) is 18.9 Å². The van der Waals surface area contributed by atoms with Gasteiger partial charge in [-0.05, 0) is 23.6 Å². The summed E-state index contributed by atoms with van der Waals surface area (Å²) in [7, 11) is 1.57. The molecule has 0 fully saturated rings. The molecule has 29 heavy (non-hydrogen) atoms. The molecule has 3 rings (SSSR count). The van der Waals surface area contributed by atoms with E-state index in [-0.39, 0.29) is 18.4 Å². The molecule has 2 amide bonds. The van der Waals surface area contributed by atoms with Crippen molar-refractivity contribution in [1.82, 2.24) is 9.88 Å². The Balaban J connectivity index is 1.64. The molecule has 0 aliphatic carbocycles. The van der Waals surface area contributed by atoms with E-state index < -0.39 is 0 Å². The summed E-state index contributed by atoms with van der Waals surface area (Å²) < 4.78 is 0. The molecule has 0 atom stereocenters. The summed E-state index contributed by atoms with van der Waals surface area (Å²) in [5, 5.41) is 5.65. The Morgan fingerprint density at radius 3 is 2.48 bits per heavy atom. The highest BCUT2D eigenvalue weighted by molar-refractivity contribution is 7.13. The van der Waals surface area contributed by atoms with Crippen LogP contribution in [0.4, 0.5) is 5.69 Å². The number of likely N-dealkylation sites (N-methyl/N-ethyl adjacent to an activating group) is 1. The Morgan fingerprint density at radius 2 is 1.83 bits per heavy atom. The minimum atomic E-state index is -0.325. The van der Waals surface area contributed by atoms with Gasteiger partial charge in [-0.1, -0.05) is 61.8 Å². The first-order valence-corrected chi connectivity index (χ1v) is 10.5. The van der Waals surface area contributed by atoms with E-state index in [9.17, 15) is 9.59 Å². The third-order valence-electron chi connectivity index (χ3n) is 4.42. The van der Waals surface area contributed by atoms with Gasteiger partial charge in [0.05, 0.1) is 17.3 Å². The van der Waals surface area contributed by atoms with Crippen LogP contribution in [0.3, 0.4) is 0 Å². The molecule has 0 spiro atoms. The fraction of sp³-hybridized carbons (Fsp3) is 0.227. The van der Waals surface area contributed by atoms with Crippen LogP contribution in [0.2, 0.25) is 5.02 Å². The number of nitrogens with one attached hydrogen (secondary N) is 1. The number of para-hydroxylation sites is 1. The third kappa shape index (κ3) is 5.22. The van der Waals surface area contributed by atoms with Gasteiger partial charge >= 0.3 is 0 Å². The first-order chi connectivity index (χ1) is 13.8. The van der Waals surface area contributed by atoms with Crippen molar-refractivity contribution < 1.29 is 9.59 Å². The molecule has 0 aliphatic heterocycles. The normalized spacial score (nSPS) is 10.8. The summed E-state index contributed by atoms with van der Waals surface area (Å²) in [6.45, 7) is 4.19. The Labute approximate surface area is 179 Å². The summed E-state index contributed by atoms with van der Waals surface area (Å²) in [5.41, 5.74) is 3.07. The summed E-state index contributed by atoms with van der Waals surface area (Å²) in [5.74, 6) is -0.169. The van der Waals surface area contributed by atoms with E-state index in [2.05, 4.69) is 36.3 Å². The number of benzene rings is 2. The summed E-state index contributed by atoms with van der Waals surface area (Å²) in [6.07, 6.45) is 0. The van der Waals surface area contributed by atoms with Gasteiger partial charge in [0.25, 0.3) is 5.91 Å². The Hall–Kier alpha value is -2.70. The predicted octanol–water partition coefficient (Wildman–Crippen LogP) is 5.30. The van der Waals surface area contributed by atoms with Crippen molar-refractivity contribution in [2.45, 2.75) is 19.8 Å². The number of hydrogen-bond donors (Lipinski definition) is 1. The minimum absolute atomic E-state index is 0.0972. The number of nitrogens with zero attached hydrogens (tertiary/aromatic N) is 2. The molecule has 2 aromatic carbocycles.